The zero-order valence-electron chi connectivity index (χ0n) is 33.8. The molecule has 0 aliphatic heterocycles. The van der Waals surface area contributed by atoms with Crippen molar-refractivity contribution in [2.75, 3.05) is 0 Å². The molecule has 0 nitrogen and oxygen atoms in total. The Balaban J connectivity index is 1.14. The van der Waals surface area contributed by atoms with Gasteiger partial charge in [-0.05, 0) is 123 Å². The Morgan fingerprint density at radius 1 is 0.344 bits per heavy atom. The molecular weight excluding hydrogens is 733 g/mol. The smallest absolute Gasteiger partial charge is 0.0284 e. The number of hydrogen-bond acceptors (Lipinski definition) is 0. The summed E-state index contributed by atoms with van der Waals surface area (Å²) in [4.78, 5) is 0. The molecule has 0 N–H and O–H groups in total. The van der Waals surface area contributed by atoms with Crippen LogP contribution < -0.4 is 0 Å². The topological polar surface area (TPSA) is 0 Å². The molecule has 1 fully saturated rings. The first kappa shape index (κ1) is 35.4. The normalized spacial score (nSPS) is 16.7. The van der Waals surface area contributed by atoms with Crippen LogP contribution in [0.5, 0.6) is 0 Å². The second-order valence-electron chi connectivity index (χ2n) is 16.7. The number of fused-ring (bicyclic) bond motifs is 4. The summed E-state index contributed by atoms with van der Waals surface area (Å²) < 4.78 is 0. The van der Waals surface area contributed by atoms with Crippen LogP contribution in [0.25, 0.3) is 93.5 Å². The van der Waals surface area contributed by atoms with E-state index in [1.165, 1.54) is 105 Å². The highest BCUT2D eigenvalue weighted by Crippen LogP contribution is 2.66. The lowest BCUT2D eigenvalue weighted by molar-refractivity contribution is 0.843. The molecule has 0 heteroatoms. The molecule has 1 saturated carbocycles. The van der Waals surface area contributed by atoms with Crippen LogP contribution in [0.3, 0.4) is 0 Å². The van der Waals surface area contributed by atoms with Gasteiger partial charge in [-0.25, -0.2) is 0 Å². The predicted molar refractivity (Wildman–Crippen MR) is 259 cm³/mol. The highest BCUT2D eigenvalue weighted by molar-refractivity contribution is 6.22. The lowest BCUT2D eigenvalue weighted by atomic mass is 9.74. The lowest BCUT2D eigenvalue weighted by Gasteiger charge is -2.28. The van der Waals surface area contributed by atoms with Crippen molar-refractivity contribution in [1.29, 1.82) is 0 Å². The standard InChI is InChI=1S/C61H42/c1-4-17-41(18-5-1)42-31-33-43(34-32-42)49-24-10-11-25-50(49)60-55-39-47(36-35-44(55)37-38-57(60)61-40-48(61)23-16-30-56(61)45-19-6-2-7-20-45)59-53-28-14-12-26-51(53)58(46-21-8-3-9-22-46)52-27-13-15-29-54(52)59/h1-39,48H,40H2. The molecule has 10 aromatic rings. The summed E-state index contributed by atoms with van der Waals surface area (Å²) in [7, 11) is 0. The SMILES string of the molecule is C1=CC2CC2(c2ccc3ccc(-c4c5ccccc5c(-c5ccccc5)c5ccccc45)cc3c2-c2ccccc2-c2ccc(-c3ccccc3)cc2)C(c2ccccc2)=C1. The highest BCUT2D eigenvalue weighted by Gasteiger charge is 2.58. The highest BCUT2D eigenvalue weighted by atomic mass is 14.6. The summed E-state index contributed by atoms with van der Waals surface area (Å²) >= 11 is 0. The van der Waals surface area contributed by atoms with Crippen molar-refractivity contribution in [3.05, 3.63) is 248 Å². The zero-order chi connectivity index (χ0) is 40.3. The van der Waals surface area contributed by atoms with Crippen LogP contribution in [0, 0.1) is 5.92 Å². The fraction of sp³-hybridized carbons (Fsp3) is 0.0492. The molecule has 0 saturated heterocycles. The number of allylic oxidation sites excluding steroid dienone is 4. The first-order chi connectivity index (χ1) is 30.3. The van der Waals surface area contributed by atoms with Gasteiger partial charge in [0.25, 0.3) is 0 Å². The van der Waals surface area contributed by atoms with E-state index in [2.05, 4.69) is 237 Å². The molecule has 2 aliphatic carbocycles. The molecule has 61 heavy (non-hydrogen) atoms. The summed E-state index contributed by atoms with van der Waals surface area (Å²) in [5.41, 5.74) is 16.5. The monoisotopic (exact) mass is 774 g/mol. The second-order valence-corrected chi connectivity index (χ2v) is 16.7. The fourth-order valence-electron chi connectivity index (χ4n) is 10.6. The van der Waals surface area contributed by atoms with Crippen LogP contribution in [0.4, 0.5) is 0 Å². The van der Waals surface area contributed by atoms with E-state index in [1.807, 2.05) is 0 Å². The van der Waals surface area contributed by atoms with Crippen molar-refractivity contribution in [2.45, 2.75) is 11.8 Å². The largest absolute Gasteiger partial charge is 0.0801 e. The summed E-state index contributed by atoms with van der Waals surface area (Å²) in [5.74, 6) is 0.433. The van der Waals surface area contributed by atoms with E-state index in [1.54, 1.807) is 0 Å². The molecule has 0 radical (unpaired) electrons. The van der Waals surface area contributed by atoms with E-state index < -0.39 is 0 Å². The van der Waals surface area contributed by atoms with Gasteiger partial charge in [0.15, 0.2) is 0 Å². The molecule has 0 spiro atoms. The van der Waals surface area contributed by atoms with Gasteiger partial charge in [-0.1, -0.05) is 231 Å². The third-order valence-corrected chi connectivity index (χ3v) is 13.5. The quantitative estimate of drug-likeness (QED) is 0.142. The summed E-state index contributed by atoms with van der Waals surface area (Å²) in [6, 6.07) is 81.0. The lowest BCUT2D eigenvalue weighted by Crippen LogP contribution is -2.16. The molecule has 2 atom stereocenters. The van der Waals surface area contributed by atoms with Crippen LogP contribution in [-0.4, -0.2) is 0 Å². The average Bonchev–Trinajstić information content (AvgIpc) is 4.10. The Hall–Kier alpha value is -7.54. The Morgan fingerprint density at radius 3 is 1.46 bits per heavy atom. The van der Waals surface area contributed by atoms with Crippen molar-refractivity contribution in [3.8, 4) is 55.6 Å². The Morgan fingerprint density at radius 2 is 0.820 bits per heavy atom. The third kappa shape index (κ3) is 5.75. The summed E-state index contributed by atoms with van der Waals surface area (Å²) in [5, 5.41) is 7.61. The van der Waals surface area contributed by atoms with Crippen LogP contribution in [0.15, 0.2) is 237 Å². The molecule has 0 heterocycles. The number of benzene rings is 10. The van der Waals surface area contributed by atoms with E-state index in [0.29, 0.717) is 5.92 Å². The number of hydrogen-bond donors (Lipinski definition) is 0. The van der Waals surface area contributed by atoms with Gasteiger partial charge < -0.3 is 0 Å². The summed E-state index contributed by atoms with van der Waals surface area (Å²) in [6.45, 7) is 0. The van der Waals surface area contributed by atoms with Crippen LogP contribution in [0.1, 0.15) is 17.5 Å². The van der Waals surface area contributed by atoms with Gasteiger partial charge >= 0.3 is 0 Å². The van der Waals surface area contributed by atoms with Gasteiger partial charge in [-0.2, -0.15) is 0 Å². The van der Waals surface area contributed by atoms with Crippen molar-refractivity contribution in [3.63, 3.8) is 0 Å². The van der Waals surface area contributed by atoms with Gasteiger partial charge in [0.05, 0.1) is 0 Å². The van der Waals surface area contributed by atoms with E-state index in [9.17, 15) is 0 Å². The van der Waals surface area contributed by atoms with Crippen molar-refractivity contribution in [2.24, 2.45) is 5.92 Å². The summed E-state index contributed by atoms with van der Waals surface area (Å²) in [6.07, 6.45) is 8.20. The van der Waals surface area contributed by atoms with Crippen LogP contribution >= 0.6 is 0 Å². The molecule has 0 bridgehead atoms. The van der Waals surface area contributed by atoms with Crippen molar-refractivity contribution >= 4 is 37.9 Å². The Labute approximate surface area is 357 Å². The maximum Gasteiger partial charge on any atom is 0.0284 e. The minimum absolute atomic E-state index is 0.128. The first-order valence-electron chi connectivity index (χ1n) is 21.5. The van der Waals surface area contributed by atoms with Crippen molar-refractivity contribution < 1.29 is 0 Å². The first-order valence-corrected chi connectivity index (χ1v) is 21.5. The second kappa shape index (κ2) is 14.3. The van der Waals surface area contributed by atoms with Crippen molar-refractivity contribution in [1.82, 2.24) is 0 Å². The zero-order valence-corrected chi connectivity index (χ0v) is 33.8. The van der Waals surface area contributed by atoms with Gasteiger partial charge in [0.2, 0.25) is 0 Å². The maximum absolute atomic E-state index is 2.51. The molecule has 0 aromatic heterocycles. The van der Waals surface area contributed by atoms with E-state index in [0.717, 1.165) is 6.42 Å². The maximum atomic E-state index is 2.51. The van der Waals surface area contributed by atoms with Gasteiger partial charge in [0.1, 0.15) is 0 Å². The molecule has 0 amide bonds. The molecule has 286 valence electrons. The fourth-order valence-corrected chi connectivity index (χ4v) is 10.6. The van der Waals surface area contributed by atoms with E-state index in [-0.39, 0.29) is 5.41 Å². The molecule has 2 aliphatic rings. The molecule has 2 unspecified atom stereocenters. The van der Waals surface area contributed by atoms with Gasteiger partial charge in [-0.15, -0.1) is 0 Å². The molecule has 10 aromatic carbocycles. The van der Waals surface area contributed by atoms with E-state index in [4.69, 9.17) is 0 Å². The predicted octanol–water partition coefficient (Wildman–Crippen LogP) is 16.4. The Bertz CT molecular complexity index is 3300. The van der Waals surface area contributed by atoms with E-state index >= 15 is 0 Å². The third-order valence-electron chi connectivity index (χ3n) is 13.5. The van der Waals surface area contributed by atoms with Gasteiger partial charge in [0, 0.05) is 5.41 Å². The van der Waals surface area contributed by atoms with Gasteiger partial charge in [-0.3, -0.25) is 0 Å². The molecule has 12 rings (SSSR count). The average molecular weight is 775 g/mol. The Kier molecular flexibility index (Phi) is 8.32. The van der Waals surface area contributed by atoms with Crippen LogP contribution in [-0.2, 0) is 5.41 Å². The van der Waals surface area contributed by atoms with Crippen LogP contribution in [0.2, 0.25) is 0 Å². The minimum atomic E-state index is -0.128. The molecular formula is C61H42. The number of rotatable bonds is 7. The minimum Gasteiger partial charge on any atom is -0.0801 e.